The second kappa shape index (κ2) is 8.93. The number of pyridine rings is 1. The van der Waals surface area contributed by atoms with Crippen LogP contribution in [0, 0.1) is 13.8 Å². The second-order valence-electron chi connectivity index (χ2n) is 6.59. The molecule has 0 spiro atoms. The third-order valence-electron chi connectivity index (χ3n) is 4.45. The van der Waals surface area contributed by atoms with Gasteiger partial charge in [-0.05, 0) is 55.7 Å². The number of amides is 1. The van der Waals surface area contributed by atoms with Crippen LogP contribution in [0.2, 0.25) is 0 Å². The summed E-state index contributed by atoms with van der Waals surface area (Å²) in [4.78, 5) is 18.8. The van der Waals surface area contributed by atoms with Crippen LogP contribution < -0.4 is 9.64 Å². The molecule has 0 aliphatic heterocycles. The molecule has 2 aromatic heterocycles. The molecule has 0 N–H and O–H groups in total. The number of rotatable bonds is 7. The van der Waals surface area contributed by atoms with Crippen LogP contribution in [0.5, 0.6) is 5.75 Å². The highest BCUT2D eigenvalue weighted by Gasteiger charge is 2.22. The Labute approximate surface area is 169 Å². The summed E-state index contributed by atoms with van der Waals surface area (Å²) in [6.45, 7) is 6.72. The predicted molar refractivity (Wildman–Crippen MR) is 112 cm³/mol. The van der Waals surface area contributed by atoms with Crippen molar-refractivity contribution >= 4 is 22.4 Å². The van der Waals surface area contributed by atoms with Gasteiger partial charge in [0.15, 0.2) is 0 Å². The summed E-state index contributed by atoms with van der Waals surface area (Å²) in [6.07, 6.45) is 5.12. The summed E-state index contributed by atoms with van der Waals surface area (Å²) in [6, 6.07) is 7.61. The minimum Gasteiger partial charge on any atom is -0.496 e. The Hall–Kier alpha value is -2.80. The van der Waals surface area contributed by atoms with E-state index in [1.807, 2.05) is 26.0 Å². The van der Waals surface area contributed by atoms with Gasteiger partial charge < -0.3 is 4.74 Å². The maximum absolute atomic E-state index is 13.0. The lowest BCUT2D eigenvalue weighted by Gasteiger charge is -2.18. The second-order valence-corrected chi connectivity index (χ2v) is 7.54. The number of methoxy groups -OCH3 is 1. The predicted octanol–water partition coefficient (Wildman–Crippen LogP) is 4.67. The van der Waals surface area contributed by atoms with Crippen molar-refractivity contribution in [1.82, 2.24) is 15.2 Å². The largest absolute Gasteiger partial charge is 0.496 e. The number of unbranched alkanes of at least 4 members (excludes halogenated alkanes) is 1. The quantitative estimate of drug-likeness (QED) is 0.580. The van der Waals surface area contributed by atoms with E-state index in [0.29, 0.717) is 17.2 Å². The lowest BCUT2D eigenvalue weighted by atomic mass is 10.1. The molecule has 146 valence electrons. The van der Waals surface area contributed by atoms with Crippen molar-refractivity contribution in [3.63, 3.8) is 0 Å². The Morgan fingerprint density at radius 3 is 2.57 bits per heavy atom. The average Bonchev–Trinajstić information content (AvgIpc) is 3.18. The van der Waals surface area contributed by atoms with Crippen molar-refractivity contribution in [2.75, 3.05) is 18.6 Å². The van der Waals surface area contributed by atoms with Gasteiger partial charge in [-0.3, -0.25) is 14.7 Å². The third kappa shape index (κ3) is 4.20. The molecule has 0 bridgehead atoms. The number of ether oxygens (including phenoxy) is 1. The monoisotopic (exact) mass is 396 g/mol. The van der Waals surface area contributed by atoms with Crippen LogP contribution in [0.3, 0.4) is 0 Å². The molecule has 0 saturated carbocycles. The minimum atomic E-state index is -0.105. The maximum Gasteiger partial charge on any atom is 0.261 e. The molecule has 1 aromatic carbocycles. The van der Waals surface area contributed by atoms with Gasteiger partial charge in [0.1, 0.15) is 10.8 Å². The van der Waals surface area contributed by atoms with Crippen molar-refractivity contribution in [3.05, 3.63) is 53.3 Å². The SMILES string of the molecule is CCCCN(C(=O)c1cccnc1)c1nnc(-c2cc(C)c(OC)c(C)c2)s1. The van der Waals surface area contributed by atoms with E-state index >= 15 is 0 Å². The molecular formula is C21H24N4O2S. The van der Waals surface area contributed by atoms with Gasteiger partial charge in [-0.2, -0.15) is 0 Å². The Morgan fingerprint density at radius 1 is 1.21 bits per heavy atom. The van der Waals surface area contributed by atoms with E-state index in [9.17, 15) is 4.79 Å². The van der Waals surface area contributed by atoms with Crippen LogP contribution in [0.4, 0.5) is 5.13 Å². The first-order chi connectivity index (χ1) is 13.5. The lowest BCUT2D eigenvalue weighted by molar-refractivity contribution is 0.0986. The molecule has 0 fully saturated rings. The van der Waals surface area contributed by atoms with Gasteiger partial charge in [-0.1, -0.05) is 24.7 Å². The molecule has 1 amide bonds. The zero-order valence-electron chi connectivity index (χ0n) is 16.6. The molecule has 0 aliphatic carbocycles. The van der Waals surface area contributed by atoms with Crippen molar-refractivity contribution in [2.24, 2.45) is 0 Å². The van der Waals surface area contributed by atoms with Crippen LogP contribution in [0.1, 0.15) is 41.3 Å². The first kappa shape index (κ1) is 19.9. The number of hydrogen-bond donors (Lipinski definition) is 0. The standard InChI is InChI=1S/C21H24N4O2S/c1-5-6-10-25(20(26)16-8-7-9-22-13-16)21-24-23-19(28-21)17-11-14(2)18(27-4)15(3)12-17/h7-9,11-13H,5-6,10H2,1-4H3. The van der Waals surface area contributed by atoms with Crippen LogP contribution in [-0.4, -0.2) is 34.7 Å². The number of nitrogens with zero attached hydrogens (tertiary/aromatic N) is 4. The van der Waals surface area contributed by atoms with Gasteiger partial charge in [0.05, 0.1) is 12.7 Å². The fourth-order valence-corrected chi connectivity index (χ4v) is 3.94. The molecule has 3 aromatic rings. The van der Waals surface area contributed by atoms with E-state index < -0.39 is 0 Å². The Kier molecular flexibility index (Phi) is 6.36. The molecule has 6 nitrogen and oxygen atoms in total. The van der Waals surface area contributed by atoms with Gasteiger partial charge >= 0.3 is 0 Å². The highest BCUT2D eigenvalue weighted by atomic mass is 32.1. The summed E-state index contributed by atoms with van der Waals surface area (Å²) in [5.74, 6) is 0.774. The molecule has 0 atom stereocenters. The molecular weight excluding hydrogens is 372 g/mol. The van der Waals surface area contributed by atoms with Gasteiger partial charge in [0, 0.05) is 24.5 Å². The molecule has 0 radical (unpaired) electrons. The average molecular weight is 397 g/mol. The number of hydrogen-bond acceptors (Lipinski definition) is 6. The number of anilines is 1. The highest BCUT2D eigenvalue weighted by molar-refractivity contribution is 7.18. The van der Waals surface area contributed by atoms with Gasteiger partial charge in [0.25, 0.3) is 5.91 Å². The summed E-state index contributed by atoms with van der Waals surface area (Å²) in [7, 11) is 1.67. The number of aryl methyl sites for hydroxylation is 2. The zero-order valence-corrected chi connectivity index (χ0v) is 17.4. The van der Waals surface area contributed by atoms with E-state index in [0.717, 1.165) is 40.3 Å². The first-order valence-electron chi connectivity index (χ1n) is 9.26. The molecule has 3 rings (SSSR count). The molecule has 0 unspecified atom stereocenters. The van der Waals surface area contributed by atoms with Crippen molar-refractivity contribution < 1.29 is 9.53 Å². The number of carbonyl (C=O) groups is 1. The lowest BCUT2D eigenvalue weighted by Crippen LogP contribution is -2.31. The number of benzene rings is 1. The number of carbonyl (C=O) groups excluding carboxylic acids is 1. The number of aromatic nitrogens is 3. The smallest absolute Gasteiger partial charge is 0.261 e. The van der Waals surface area contributed by atoms with E-state index in [-0.39, 0.29) is 5.91 Å². The fourth-order valence-electron chi connectivity index (χ4n) is 3.08. The van der Waals surface area contributed by atoms with Crippen LogP contribution >= 0.6 is 11.3 Å². The molecule has 28 heavy (non-hydrogen) atoms. The summed E-state index contributed by atoms with van der Waals surface area (Å²) in [5.41, 5.74) is 3.61. The summed E-state index contributed by atoms with van der Waals surface area (Å²) < 4.78 is 5.44. The minimum absolute atomic E-state index is 0.105. The van der Waals surface area contributed by atoms with Gasteiger partial charge in [-0.25, -0.2) is 0 Å². The van der Waals surface area contributed by atoms with Crippen LogP contribution in [-0.2, 0) is 0 Å². The molecule has 7 heteroatoms. The molecule has 0 aliphatic rings. The normalized spacial score (nSPS) is 10.7. The molecule has 0 saturated heterocycles. The van der Waals surface area contributed by atoms with Gasteiger partial charge in [-0.15, -0.1) is 10.2 Å². The third-order valence-corrected chi connectivity index (χ3v) is 5.44. The Balaban J connectivity index is 1.94. The molecule has 2 heterocycles. The van der Waals surface area contributed by atoms with Crippen molar-refractivity contribution in [1.29, 1.82) is 0 Å². The Bertz CT molecular complexity index is 933. The Morgan fingerprint density at radius 2 is 1.96 bits per heavy atom. The highest BCUT2D eigenvalue weighted by Crippen LogP contribution is 2.34. The van der Waals surface area contributed by atoms with E-state index in [1.165, 1.54) is 11.3 Å². The maximum atomic E-state index is 13.0. The topological polar surface area (TPSA) is 68.2 Å². The van der Waals surface area contributed by atoms with E-state index in [2.05, 4.69) is 22.1 Å². The van der Waals surface area contributed by atoms with Gasteiger partial charge in [0.2, 0.25) is 5.13 Å². The summed E-state index contributed by atoms with van der Waals surface area (Å²) >= 11 is 1.42. The van der Waals surface area contributed by atoms with Crippen molar-refractivity contribution in [3.8, 4) is 16.3 Å². The fraction of sp³-hybridized carbons (Fsp3) is 0.333. The summed E-state index contributed by atoms with van der Waals surface area (Å²) in [5, 5.41) is 10.0. The zero-order chi connectivity index (χ0) is 20.1. The van der Waals surface area contributed by atoms with Crippen LogP contribution in [0.25, 0.3) is 10.6 Å². The van der Waals surface area contributed by atoms with Crippen LogP contribution in [0.15, 0.2) is 36.7 Å². The van der Waals surface area contributed by atoms with E-state index in [4.69, 9.17) is 4.74 Å². The first-order valence-corrected chi connectivity index (χ1v) is 10.1. The van der Waals surface area contributed by atoms with E-state index in [1.54, 1.807) is 36.5 Å². The van der Waals surface area contributed by atoms with Crippen molar-refractivity contribution in [2.45, 2.75) is 33.6 Å².